The van der Waals surface area contributed by atoms with Crippen molar-refractivity contribution in [2.75, 3.05) is 11.5 Å². The number of rotatable bonds is 8. The summed E-state index contributed by atoms with van der Waals surface area (Å²) in [4.78, 5) is 0. The van der Waals surface area contributed by atoms with Gasteiger partial charge in [0.05, 0.1) is 0 Å². The number of phenols is 2. The van der Waals surface area contributed by atoms with Crippen molar-refractivity contribution < 1.29 is 10.2 Å². The van der Waals surface area contributed by atoms with Crippen molar-refractivity contribution in [3.05, 3.63) is 59.7 Å². The Hall–Kier alpha value is -1.61. The van der Waals surface area contributed by atoms with E-state index in [0.29, 0.717) is 11.5 Å². The molecule has 112 valence electrons. The Morgan fingerprint density at radius 2 is 1.00 bits per heavy atom. The van der Waals surface area contributed by atoms with Gasteiger partial charge in [0.15, 0.2) is 0 Å². The van der Waals surface area contributed by atoms with E-state index in [1.165, 1.54) is 35.5 Å². The molecule has 0 amide bonds. The van der Waals surface area contributed by atoms with Crippen molar-refractivity contribution >= 4 is 11.8 Å². The minimum atomic E-state index is 0.336. The Labute approximate surface area is 130 Å². The highest BCUT2D eigenvalue weighted by Gasteiger charge is 1.97. The summed E-state index contributed by atoms with van der Waals surface area (Å²) in [6.07, 6.45) is 4.50. The maximum Gasteiger partial charge on any atom is 0.115 e. The molecule has 2 rings (SSSR count). The molecule has 0 aromatic heterocycles. The van der Waals surface area contributed by atoms with Gasteiger partial charge in [-0.25, -0.2) is 0 Å². The van der Waals surface area contributed by atoms with Crippen molar-refractivity contribution in [2.45, 2.75) is 25.7 Å². The first kappa shape index (κ1) is 15.8. The van der Waals surface area contributed by atoms with E-state index in [9.17, 15) is 10.2 Å². The van der Waals surface area contributed by atoms with Crippen LogP contribution in [0.3, 0.4) is 0 Å². The number of aromatic hydroxyl groups is 2. The van der Waals surface area contributed by atoms with Crippen molar-refractivity contribution in [3.63, 3.8) is 0 Å². The van der Waals surface area contributed by atoms with Crippen LogP contribution in [0.15, 0.2) is 48.5 Å². The third kappa shape index (κ3) is 6.13. The van der Waals surface area contributed by atoms with Crippen LogP contribution in [0, 0.1) is 0 Å². The normalized spacial score (nSPS) is 10.7. The maximum atomic E-state index is 9.22. The van der Waals surface area contributed by atoms with Gasteiger partial charge in [0.25, 0.3) is 0 Å². The monoisotopic (exact) mass is 302 g/mol. The quantitative estimate of drug-likeness (QED) is 0.710. The van der Waals surface area contributed by atoms with E-state index in [1.807, 2.05) is 36.0 Å². The van der Waals surface area contributed by atoms with Gasteiger partial charge in [0, 0.05) is 0 Å². The highest BCUT2D eigenvalue weighted by atomic mass is 32.2. The van der Waals surface area contributed by atoms with Gasteiger partial charge < -0.3 is 10.2 Å². The molecule has 0 aliphatic carbocycles. The number of phenolic OH excluding ortho intramolecular Hbond substituents is 2. The van der Waals surface area contributed by atoms with E-state index < -0.39 is 0 Å². The van der Waals surface area contributed by atoms with Gasteiger partial charge in [-0.05, 0) is 72.6 Å². The molecule has 0 heterocycles. The Balaban J connectivity index is 1.52. The molecule has 0 atom stereocenters. The van der Waals surface area contributed by atoms with Crippen LogP contribution in [0.2, 0.25) is 0 Å². The van der Waals surface area contributed by atoms with Crippen molar-refractivity contribution in [3.8, 4) is 11.5 Å². The lowest BCUT2D eigenvalue weighted by Gasteiger charge is -2.04. The van der Waals surface area contributed by atoms with Crippen LogP contribution < -0.4 is 0 Å². The first-order valence-electron chi connectivity index (χ1n) is 7.37. The fraction of sp³-hybridized carbons (Fsp3) is 0.333. The van der Waals surface area contributed by atoms with Gasteiger partial charge in [-0.15, -0.1) is 0 Å². The summed E-state index contributed by atoms with van der Waals surface area (Å²) < 4.78 is 0. The summed E-state index contributed by atoms with van der Waals surface area (Å²) in [6.45, 7) is 0. The van der Waals surface area contributed by atoms with Gasteiger partial charge in [-0.3, -0.25) is 0 Å². The fourth-order valence-corrected chi connectivity index (χ4v) is 3.09. The first-order valence-corrected chi connectivity index (χ1v) is 8.53. The summed E-state index contributed by atoms with van der Waals surface area (Å²) in [5.41, 5.74) is 2.58. The van der Waals surface area contributed by atoms with Gasteiger partial charge in [-0.1, -0.05) is 24.3 Å². The third-order valence-electron chi connectivity index (χ3n) is 3.38. The molecule has 0 radical (unpaired) electrons. The molecule has 2 aromatic carbocycles. The highest BCUT2D eigenvalue weighted by Crippen LogP contribution is 2.15. The summed E-state index contributed by atoms with van der Waals surface area (Å²) in [5.74, 6) is 3.03. The molecule has 0 spiro atoms. The fourth-order valence-electron chi connectivity index (χ4n) is 2.18. The van der Waals surface area contributed by atoms with Crippen molar-refractivity contribution in [1.82, 2.24) is 0 Å². The second-order valence-corrected chi connectivity index (χ2v) is 6.38. The summed E-state index contributed by atoms with van der Waals surface area (Å²) in [7, 11) is 0. The topological polar surface area (TPSA) is 40.5 Å². The number of hydrogen-bond acceptors (Lipinski definition) is 3. The molecular formula is C18H22O2S. The van der Waals surface area contributed by atoms with Gasteiger partial charge >= 0.3 is 0 Å². The van der Waals surface area contributed by atoms with Gasteiger partial charge in [0.2, 0.25) is 0 Å². The van der Waals surface area contributed by atoms with Crippen LogP contribution in [0.5, 0.6) is 11.5 Å². The molecule has 2 nitrogen and oxygen atoms in total. The van der Waals surface area contributed by atoms with Crippen LogP contribution in [-0.2, 0) is 12.8 Å². The molecule has 0 unspecified atom stereocenters. The number of thioether (sulfide) groups is 1. The number of aryl methyl sites for hydroxylation is 2. The van der Waals surface area contributed by atoms with Gasteiger partial charge in [0.1, 0.15) is 11.5 Å². The lowest BCUT2D eigenvalue weighted by molar-refractivity contribution is 0.474. The Kier molecular flexibility index (Phi) is 6.48. The average molecular weight is 302 g/mol. The smallest absolute Gasteiger partial charge is 0.115 e. The SMILES string of the molecule is Oc1ccc(CCCSCCCc2ccc(O)cc2)cc1. The zero-order valence-electron chi connectivity index (χ0n) is 12.2. The van der Waals surface area contributed by atoms with E-state index in [1.54, 1.807) is 24.3 Å². The maximum absolute atomic E-state index is 9.22. The molecule has 3 heteroatoms. The summed E-state index contributed by atoms with van der Waals surface area (Å²) in [5, 5.41) is 18.4. The molecular weight excluding hydrogens is 280 g/mol. The zero-order valence-corrected chi connectivity index (χ0v) is 13.0. The Morgan fingerprint density at radius 3 is 1.38 bits per heavy atom. The number of hydrogen-bond donors (Lipinski definition) is 2. The molecule has 0 aliphatic rings. The molecule has 21 heavy (non-hydrogen) atoms. The minimum Gasteiger partial charge on any atom is -0.508 e. The van der Waals surface area contributed by atoms with Crippen molar-refractivity contribution in [2.24, 2.45) is 0 Å². The minimum absolute atomic E-state index is 0.336. The molecule has 0 saturated carbocycles. The van der Waals surface area contributed by atoms with E-state index in [4.69, 9.17) is 0 Å². The predicted octanol–water partition coefficient (Wildman–Crippen LogP) is 4.40. The molecule has 2 N–H and O–H groups in total. The predicted molar refractivity (Wildman–Crippen MR) is 90.2 cm³/mol. The second kappa shape index (κ2) is 8.63. The molecule has 0 bridgehead atoms. The third-order valence-corrected chi connectivity index (χ3v) is 4.54. The lowest BCUT2D eigenvalue weighted by atomic mass is 10.1. The highest BCUT2D eigenvalue weighted by molar-refractivity contribution is 7.99. The van der Waals surface area contributed by atoms with E-state index in [0.717, 1.165) is 12.8 Å². The molecule has 0 fully saturated rings. The van der Waals surface area contributed by atoms with Crippen LogP contribution >= 0.6 is 11.8 Å². The van der Waals surface area contributed by atoms with Crippen LogP contribution in [0.1, 0.15) is 24.0 Å². The standard InChI is InChI=1S/C18H22O2S/c19-17-9-5-15(6-10-17)3-1-13-21-14-2-4-16-7-11-18(20)12-8-16/h5-12,19-20H,1-4,13-14H2. The second-order valence-electron chi connectivity index (χ2n) is 5.15. The molecule has 0 aliphatic heterocycles. The molecule has 0 saturated heterocycles. The largest absolute Gasteiger partial charge is 0.508 e. The lowest BCUT2D eigenvalue weighted by Crippen LogP contribution is -1.91. The van der Waals surface area contributed by atoms with Crippen molar-refractivity contribution in [1.29, 1.82) is 0 Å². The van der Waals surface area contributed by atoms with E-state index in [2.05, 4.69) is 0 Å². The van der Waals surface area contributed by atoms with Crippen LogP contribution in [0.25, 0.3) is 0 Å². The van der Waals surface area contributed by atoms with Crippen LogP contribution in [-0.4, -0.2) is 21.7 Å². The zero-order chi connectivity index (χ0) is 14.9. The Bertz CT molecular complexity index is 470. The Morgan fingerprint density at radius 1 is 0.619 bits per heavy atom. The first-order chi connectivity index (χ1) is 10.2. The van der Waals surface area contributed by atoms with Gasteiger partial charge in [-0.2, -0.15) is 11.8 Å². The average Bonchev–Trinajstić information content (AvgIpc) is 2.50. The number of benzene rings is 2. The summed E-state index contributed by atoms with van der Waals surface area (Å²) >= 11 is 2.00. The van der Waals surface area contributed by atoms with E-state index >= 15 is 0 Å². The molecule has 2 aromatic rings. The van der Waals surface area contributed by atoms with E-state index in [-0.39, 0.29) is 0 Å². The van der Waals surface area contributed by atoms with Crippen LogP contribution in [0.4, 0.5) is 0 Å². The summed E-state index contributed by atoms with van der Waals surface area (Å²) in [6, 6.07) is 15.0.